The molecule has 0 spiro atoms. The third-order valence-corrected chi connectivity index (χ3v) is 5.24. The van der Waals surface area contributed by atoms with E-state index in [1.54, 1.807) is 40.9 Å². The zero-order chi connectivity index (χ0) is 24.7. The molecular weight excluding hydrogens is 480 g/mol. The van der Waals surface area contributed by atoms with E-state index in [9.17, 15) is 22.7 Å². The number of aliphatic hydroxyl groups excluding tert-OH is 1. The Morgan fingerprint density at radius 1 is 0.971 bits per heavy atom. The van der Waals surface area contributed by atoms with Gasteiger partial charge in [0.05, 0.1) is 12.1 Å². The number of thiazole rings is 1. The van der Waals surface area contributed by atoms with Crippen LogP contribution in [0.15, 0.2) is 54.2 Å². The number of rotatable bonds is 12. The number of aliphatic hydroxyl groups is 1. The van der Waals surface area contributed by atoms with Gasteiger partial charge in [0.2, 0.25) is 6.29 Å². The molecule has 3 aromatic rings. The molecule has 7 nitrogen and oxygen atoms in total. The van der Waals surface area contributed by atoms with E-state index in [0.717, 1.165) is 10.9 Å². The molecule has 0 amide bonds. The molecule has 12 heteroatoms. The first-order chi connectivity index (χ1) is 16.3. The maximum absolute atomic E-state index is 12.9. The topological polar surface area (TPSA) is 73.3 Å². The smallest absolute Gasteiger partial charge is 0.387 e. The van der Waals surface area contributed by atoms with E-state index in [4.69, 9.17) is 9.47 Å². The molecule has 1 N–H and O–H groups in total. The van der Waals surface area contributed by atoms with Crippen molar-refractivity contribution in [2.45, 2.75) is 39.1 Å². The SMILES string of the molecule is COC(Oc1cccc(N(Cc2cncs2)c2ccc(OC(F)F)c(OC(F)F)c2)c1)C(C)O. The Morgan fingerprint density at radius 2 is 1.68 bits per heavy atom. The molecule has 2 atom stereocenters. The predicted octanol–water partition coefficient (Wildman–Crippen LogP) is 5.42. The van der Waals surface area contributed by atoms with Gasteiger partial charge in [-0.05, 0) is 31.2 Å². The molecule has 0 aliphatic rings. The minimum Gasteiger partial charge on any atom is -0.462 e. The van der Waals surface area contributed by atoms with Gasteiger partial charge in [-0.1, -0.05) is 6.07 Å². The summed E-state index contributed by atoms with van der Waals surface area (Å²) in [7, 11) is 1.39. The highest BCUT2D eigenvalue weighted by atomic mass is 32.1. The van der Waals surface area contributed by atoms with Crippen molar-refractivity contribution in [3.8, 4) is 17.2 Å². The van der Waals surface area contributed by atoms with Gasteiger partial charge in [-0.15, -0.1) is 11.3 Å². The van der Waals surface area contributed by atoms with Gasteiger partial charge in [-0.2, -0.15) is 17.6 Å². The van der Waals surface area contributed by atoms with E-state index in [1.807, 2.05) is 0 Å². The van der Waals surface area contributed by atoms with Crippen LogP contribution in [0.3, 0.4) is 0 Å². The molecule has 0 saturated heterocycles. The van der Waals surface area contributed by atoms with Crippen molar-refractivity contribution in [2.24, 2.45) is 0 Å². The second-order valence-electron chi connectivity index (χ2n) is 6.90. The van der Waals surface area contributed by atoms with Crippen molar-refractivity contribution in [1.29, 1.82) is 0 Å². The lowest BCUT2D eigenvalue weighted by Gasteiger charge is -2.27. The van der Waals surface area contributed by atoms with E-state index < -0.39 is 37.1 Å². The zero-order valence-corrected chi connectivity index (χ0v) is 18.9. The number of hydrogen-bond acceptors (Lipinski definition) is 8. The molecule has 0 saturated carbocycles. The van der Waals surface area contributed by atoms with Gasteiger partial charge in [-0.3, -0.25) is 4.98 Å². The van der Waals surface area contributed by atoms with Crippen molar-refractivity contribution in [1.82, 2.24) is 4.98 Å². The molecule has 2 unspecified atom stereocenters. The lowest BCUT2D eigenvalue weighted by Crippen LogP contribution is -2.31. The van der Waals surface area contributed by atoms with Crippen LogP contribution >= 0.6 is 11.3 Å². The first kappa shape index (κ1) is 25.5. The Kier molecular flexibility index (Phi) is 8.91. The average molecular weight is 502 g/mol. The average Bonchev–Trinajstić information content (AvgIpc) is 3.30. The van der Waals surface area contributed by atoms with Crippen molar-refractivity contribution >= 4 is 22.7 Å². The summed E-state index contributed by atoms with van der Waals surface area (Å²) in [6, 6.07) is 10.5. The van der Waals surface area contributed by atoms with Crippen LogP contribution in [0.4, 0.5) is 28.9 Å². The highest BCUT2D eigenvalue weighted by molar-refractivity contribution is 7.09. The largest absolute Gasteiger partial charge is 0.462 e. The number of aromatic nitrogens is 1. The monoisotopic (exact) mass is 502 g/mol. The molecule has 0 radical (unpaired) electrons. The van der Waals surface area contributed by atoms with Crippen molar-refractivity contribution < 1.29 is 41.6 Å². The molecule has 1 heterocycles. The Morgan fingerprint density at radius 3 is 2.29 bits per heavy atom. The molecule has 0 bridgehead atoms. The minimum atomic E-state index is -3.24. The van der Waals surface area contributed by atoms with E-state index in [1.165, 1.54) is 37.5 Å². The fourth-order valence-corrected chi connectivity index (χ4v) is 3.64. The quantitative estimate of drug-likeness (QED) is 0.262. The third-order valence-electron chi connectivity index (χ3n) is 4.48. The summed E-state index contributed by atoms with van der Waals surface area (Å²) in [5.74, 6) is -0.682. The van der Waals surface area contributed by atoms with E-state index in [0.29, 0.717) is 17.1 Å². The summed E-state index contributed by atoms with van der Waals surface area (Å²) in [6.45, 7) is -4.66. The van der Waals surface area contributed by atoms with Crippen LogP contribution in [0.2, 0.25) is 0 Å². The molecule has 2 aromatic carbocycles. The van der Waals surface area contributed by atoms with E-state index >= 15 is 0 Å². The molecule has 34 heavy (non-hydrogen) atoms. The summed E-state index contributed by atoms with van der Waals surface area (Å²) in [5, 5.41) is 9.79. The second kappa shape index (κ2) is 11.9. The van der Waals surface area contributed by atoms with Crippen LogP contribution in [-0.4, -0.2) is 42.8 Å². The normalized spacial score (nSPS) is 13.1. The maximum atomic E-state index is 12.9. The first-order valence-electron chi connectivity index (χ1n) is 9.93. The van der Waals surface area contributed by atoms with Gasteiger partial charge in [0, 0.05) is 41.7 Å². The number of hydrogen-bond donors (Lipinski definition) is 1. The van der Waals surface area contributed by atoms with Gasteiger partial charge in [0.25, 0.3) is 0 Å². The number of anilines is 2. The molecule has 184 valence electrons. The summed E-state index contributed by atoms with van der Waals surface area (Å²) < 4.78 is 70.9. The fourth-order valence-electron chi connectivity index (χ4n) is 3.06. The Labute approximate surface area is 197 Å². The van der Waals surface area contributed by atoms with Crippen LogP contribution in [0.1, 0.15) is 11.8 Å². The van der Waals surface area contributed by atoms with Gasteiger partial charge < -0.3 is 29.0 Å². The van der Waals surface area contributed by atoms with Gasteiger partial charge in [0.1, 0.15) is 11.9 Å². The van der Waals surface area contributed by atoms with Gasteiger partial charge >= 0.3 is 13.2 Å². The molecule has 0 aliphatic heterocycles. The van der Waals surface area contributed by atoms with Crippen LogP contribution in [0.5, 0.6) is 17.2 Å². The second-order valence-corrected chi connectivity index (χ2v) is 7.87. The van der Waals surface area contributed by atoms with Crippen LogP contribution < -0.4 is 19.1 Å². The fraction of sp³-hybridized carbons (Fsp3) is 0.318. The number of halogens is 4. The Bertz CT molecular complexity index is 1040. The highest BCUT2D eigenvalue weighted by Gasteiger charge is 2.20. The Hall–Kier alpha value is -3.09. The number of benzene rings is 2. The maximum Gasteiger partial charge on any atom is 0.387 e. The highest BCUT2D eigenvalue weighted by Crippen LogP contribution is 2.38. The predicted molar refractivity (Wildman–Crippen MR) is 117 cm³/mol. The molecule has 0 fully saturated rings. The minimum absolute atomic E-state index is 0.279. The van der Waals surface area contributed by atoms with Gasteiger partial charge in [-0.25, -0.2) is 0 Å². The summed E-state index contributed by atoms with van der Waals surface area (Å²) >= 11 is 1.38. The standard InChI is InChI=1S/C22H22F4N2O5S/c1-13(29)20(30-2)31-16-5-3-4-14(8-16)28(11-17-10-27-12-34-17)15-6-7-18(32-21(23)24)19(9-15)33-22(25)26/h3-10,12-13,20-22,29H,11H2,1-2H3. The molecular formula is C22H22F4N2O5S. The molecule has 0 aliphatic carbocycles. The van der Waals surface area contributed by atoms with Crippen molar-refractivity contribution in [3.05, 3.63) is 59.0 Å². The number of nitrogens with zero attached hydrogens (tertiary/aromatic N) is 2. The number of alkyl halides is 4. The molecule has 1 aromatic heterocycles. The molecule has 3 rings (SSSR count). The lowest BCUT2D eigenvalue weighted by molar-refractivity contribution is -0.120. The lowest BCUT2D eigenvalue weighted by atomic mass is 10.2. The third kappa shape index (κ3) is 6.95. The first-order valence-corrected chi connectivity index (χ1v) is 10.8. The van der Waals surface area contributed by atoms with Crippen molar-refractivity contribution in [2.75, 3.05) is 12.0 Å². The van der Waals surface area contributed by atoms with E-state index in [2.05, 4.69) is 14.5 Å². The van der Waals surface area contributed by atoms with Gasteiger partial charge in [0.15, 0.2) is 11.5 Å². The van der Waals surface area contributed by atoms with Crippen LogP contribution in [0.25, 0.3) is 0 Å². The van der Waals surface area contributed by atoms with Crippen LogP contribution in [-0.2, 0) is 11.3 Å². The summed E-state index contributed by atoms with van der Waals surface area (Å²) in [6.07, 6.45) is -0.169. The number of ether oxygens (including phenoxy) is 4. The van der Waals surface area contributed by atoms with Crippen LogP contribution in [0, 0.1) is 0 Å². The van der Waals surface area contributed by atoms with E-state index in [-0.39, 0.29) is 6.54 Å². The zero-order valence-electron chi connectivity index (χ0n) is 18.1. The summed E-state index contributed by atoms with van der Waals surface area (Å²) in [5.41, 5.74) is 2.59. The Balaban J connectivity index is 2.01. The number of methoxy groups -OCH3 is 1. The summed E-state index contributed by atoms with van der Waals surface area (Å²) in [4.78, 5) is 6.62. The van der Waals surface area contributed by atoms with Crippen molar-refractivity contribution in [3.63, 3.8) is 0 Å².